The van der Waals surface area contributed by atoms with Crippen LogP contribution in [0.5, 0.6) is 5.75 Å². The van der Waals surface area contributed by atoms with Gasteiger partial charge in [0.05, 0.1) is 16.2 Å². The smallest absolute Gasteiger partial charge is 0.410 e. The predicted octanol–water partition coefficient (Wildman–Crippen LogP) is 4.14. The van der Waals surface area contributed by atoms with Gasteiger partial charge in [0.1, 0.15) is 11.4 Å². The highest BCUT2D eigenvalue weighted by Crippen LogP contribution is 2.38. The average molecular weight is 481 g/mol. The Morgan fingerprint density at radius 3 is 2.71 bits per heavy atom. The van der Waals surface area contributed by atoms with Crippen LogP contribution in [0.15, 0.2) is 53.6 Å². The predicted molar refractivity (Wildman–Crippen MR) is 134 cm³/mol. The van der Waals surface area contributed by atoms with Crippen LogP contribution in [-0.4, -0.2) is 62.3 Å². The summed E-state index contributed by atoms with van der Waals surface area (Å²) in [6, 6.07) is 12.4. The fraction of sp³-hybridized carbons (Fsp3) is 0.280. The fourth-order valence-electron chi connectivity index (χ4n) is 3.83. The Bertz CT molecular complexity index is 1480. The van der Waals surface area contributed by atoms with Gasteiger partial charge in [-0.1, -0.05) is 19.1 Å². The Morgan fingerprint density at radius 2 is 1.97 bits per heavy atom. The zero-order valence-electron chi connectivity index (χ0n) is 19.7. The molecule has 2 N–H and O–H groups in total. The number of aryl methyl sites for hydroxylation is 1. The molecule has 8 nitrogen and oxygen atoms in total. The molecule has 0 saturated heterocycles. The first-order valence-corrected chi connectivity index (χ1v) is 12.7. The molecule has 1 amide bonds. The number of benzene rings is 2. The lowest BCUT2D eigenvalue weighted by Gasteiger charge is -2.12. The second kappa shape index (κ2) is 9.44. The van der Waals surface area contributed by atoms with Gasteiger partial charge >= 0.3 is 6.09 Å². The van der Waals surface area contributed by atoms with Crippen LogP contribution in [0.2, 0.25) is 0 Å². The van der Waals surface area contributed by atoms with Crippen molar-refractivity contribution in [3.8, 4) is 16.9 Å². The first-order valence-electron chi connectivity index (χ1n) is 11.0. The van der Waals surface area contributed by atoms with E-state index in [0.717, 1.165) is 27.4 Å². The average Bonchev–Trinajstić information content (AvgIpc) is 3.15. The van der Waals surface area contributed by atoms with Crippen molar-refractivity contribution in [3.05, 3.63) is 54.2 Å². The number of likely N-dealkylation sites (N-methyl/N-ethyl adjacent to an activating group) is 1. The van der Waals surface area contributed by atoms with E-state index >= 15 is 0 Å². The van der Waals surface area contributed by atoms with Crippen molar-refractivity contribution in [3.63, 3.8) is 0 Å². The number of sulfone groups is 1. The maximum atomic E-state index is 12.5. The maximum Gasteiger partial charge on any atom is 0.412 e. The molecule has 34 heavy (non-hydrogen) atoms. The summed E-state index contributed by atoms with van der Waals surface area (Å²) in [6.07, 6.45) is 1.22. The third kappa shape index (κ3) is 4.90. The molecule has 0 fully saturated rings. The summed E-state index contributed by atoms with van der Waals surface area (Å²) in [5, 5.41) is 4.54. The fourth-order valence-corrected chi connectivity index (χ4v) is 4.75. The summed E-state index contributed by atoms with van der Waals surface area (Å²) >= 11 is 0. The number of ether oxygens (including phenoxy) is 1. The number of carbonyl (C=O) groups excluding carboxylic acids is 1. The van der Waals surface area contributed by atoms with Crippen LogP contribution in [0, 0.1) is 6.92 Å². The normalized spacial score (nSPS) is 11.9. The van der Waals surface area contributed by atoms with Gasteiger partial charge in [-0.2, -0.15) is 0 Å². The molecule has 0 aliphatic carbocycles. The van der Waals surface area contributed by atoms with Crippen LogP contribution in [0.3, 0.4) is 0 Å². The molecular formula is C25H28N4O4S. The quantitative estimate of drug-likeness (QED) is 0.412. The molecule has 0 saturated carbocycles. The van der Waals surface area contributed by atoms with Crippen LogP contribution in [0.1, 0.15) is 12.5 Å². The number of amides is 1. The molecule has 0 aliphatic rings. The van der Waals surface area contributed by atoms with Crippen LogP contribution in [0.4, 0.5) is 4.79 Å². The van der Waals surface area contributed by atoms with Gasteiger partial charge in [-0.05, 0) is 62.0 Å². The monoisotopic (exact) mass is 480 g/mol. The molecule has 0 radical (unpaired) electrons. The van der Waals surface area contributed by atoms with Crippen molar-refractivity contribution < 1.29 is 17.9 Å². The highest BCUT2D eigenvalue weighted by molar-refractivity contribution is 7.91. The van der Waals surface area contributed by atoms with E-state index in [-0.39, 0.29) is 10.6 Å². The number of pyridine rings is 1. The molecule has 0 spiro atoms. The van der Waals surface area contributed by atoms with Gasteiger partial charge in [0, 0.05) is 36.1 Å². The van der Waals surface area contributed by atoms with Crippen molar-refractivity contribution in [2.75, 3.05) is 32.9 Å². The van der Waals surface area contributed by atoms with E-state index < -0.39 is 15.9 Å². The van der Waals surface area contributed by atoms with Gasteiger partial charge < -0.3 is 19.9 Å². The van der Waals surface area contributed by atoms with Crippen LogP contribution >= 0.6 is 0 Å². The summed E-state index contributed by atoms with van der Waals surface area (Å²) in [6.45, 7) is 4.73. The van der Waals surface area contributed by atoms with E-state index in [1.165, 1.54) is 0 Å². The number of aromatic nitrogens is 2. The molecule has 2 aromatic carbocycles. The molecule has 9 heteroatoms. The lowest BCUT2D eigenvalue weighted by atomic mass is 9.99. The van der Waals surface area contributed by atoms with Crippen LogP contribution in [-0.2, 0) is 9.84 Å². The Balaban J connectivity index is 1.85. The SMILES string of the molecule is CCS(=O)(=O)c1cccc(-c2cc(OC(=O)NCCN(C)C)cc3[nH]c4ncc(C)cc4c23)c1. The zero-order valence-corrected chi connectivity index (χ0v) is 20.5. The second-order valence-electron chi connectivity index (χ2n) is 8.48. The Labute approximate surface area is 198 Å². The first-order chi connectivity index (χ1) is 16.2. The lowest BCUT2D eigenvalue weighted by molar-refractivity contribution is 0.199. The number of rotatable bonds is 7. The summed E-state index contributed by atoms with van der Waals surface area (Å²) in [5.41, 5.74) is 3.90. The van der Waals surface area contributed by atoms with Crippen LogP contribution < -0.4 is 10.1 Å². The Morgan fingerprint density at radius 1 is 1.18 bits per heavy atom. The highest BCUT2D eigenvalue weighted by atomic mass is 32.2. The first kappa shape index (κ1) is 23.7. The van der Waals surface area contributed by atoms with E-state index in [9.17, 15) is 13.2 Å². The summed E-state index contributed by atoms with van der Waals surface area (Å²) in [5.74, 6) is 0.357. The molecule has 4 rings (SSSR count). The molecule has 2 aromatic heterocycles. The van der Waals surface area contributed by atoms with Crippen molar-refractivity contribution in [2.24, 2.45) is 0 Å². The van der Waals surface area contributed by atoms with Crippen molar-refractivity contribution in [1.82, 2.24) is 20.2 Å². The number of hydrogen-bond donors (Lipinski definition) is 2. The highest BCUT2D eigenvalue weighted by Gasteiger charge is 2.18. The number of hydrogen-bond acceptors (Lipinski definition) is 6. The van der Waals surface area contributed by atoms with Crippen molar-refractivity contribution in [1.29, 1.82) is 0 Å². The molecule has 0 atom stereocenters. The molecule has 0 bridgehead atoms. The van der Waals surface area contributed by atoms with Crippen molar-refractivity contribution >= 4 is 37.9 Å². The van der Waals surface area contributed by atoms with Crippen LogP contribution in [0.25, 0.3) is 33.1 Å². The Kier molecular flexibility index (Phi) is 6.58. The largest absolute Gasteiger partial charge is 0.412 e. The number of H-pyrrole nitrogens is 1. The number of carbonyl (C=O) groups is 1. The standard InChI is InChI=1S/C25H28N4O4S/c1-5-34(31,32)19-8-6-7-17(12-19)20-13-18(33-25(30)26-9-10-29(3)4)14-22-23(20)21-11-16(2)15-27-24(21)28-22/h6-8,11-15H,5,9-10H2,1-4H3,(H,26,30)(H,27,28). The molecule has 0 unspecified atom stereocenters. The number of nitrogens with one attached hydrogen (secondary N) is 2. The van der Waals surface area contributed by atoms with Gasteiger partial charge in [-0.3, -0.25) is 0 Å². The minimum Gasteiger partial charge on any atom is -0.410 e. The number of nitrogens with zero attached hydrogens (tertiary/aromatic N) is 2. The molecule has 2 heterocycles. The van der Waals surface area contributed by atoms with Gasteiger partial charge in [-0.15, -0.1) is 0 Å². The zero-order chi connectivity index (χ0) is 24.5. The third-order valence-corrected chi connectivity index (χ3v) is 7.31. The van der Waals surface area contributed by atoms with E-state index in [4.69, 9.17) is 4.74 Å². The molecule has 4 aromatic rings. The maximum absolute atomic E-state index is 12.5. The lowest BCUT2D eigenvalue weighted by Crippen LogP contribution is -2.33. The van der Waals surface area contributed by atoms with E-state index in [0.29, 0.717) is 30.0 Å². The van der Waals surface area contributed by atoms with Gasteiger partial charge in [-0.25, -0.2) is 18.2 Å². The van der Waals surface area contributed by atoms with E-state index in [1.807, 2.05) is 38.1 Å². The number of aromatic amines is 1. The summed E-state index contributed by atoms with van der Waals surface area (Å²) in [7, 11) is 0.461. The minimum absolute atomic E-state index is 0.0122. The minimum atomic E-state index is -3.38. The topological polar surface area (TPSA) is 104 Å². The molecule has 0 aliphatic heterocycles. The van der Waals surface area contributed by atoms with Gasteiger partial charge in [0.25, 0.3) is 0 Å². The summed E-state index contributed by atoms with van der Waals surface area (Å²) < 4.78 is 30.6. The molecular weight excluding hydrogens is 452 g/mol. The van der Waals surface area contributed by atoms with Gasteiger partial charge in [0.2, 0.25) is 0 Å². The number of fused-ring (bicyclic) bond motifs is 3. The van der Waals surface area contributed by atoms with E-state index in [2.05, 4.69) is 15.3 Å². The summed E-state index contributed by atoms with van der Waals surface area (Å²) in [4.78, 5) is 22.4. The van der Waals surface area contributed by atoms with E-state index in [1.54, 1.807) is 43.5 Å². The molecule has 178 valence electrons. The Hall–Kier alpha value is -3.43. The van der Waals surface area contributed by atoms with Crippen molar-refractivity contribution in [2.45, 2.75) is 18.7 Å². The van der Waals surface area contributed by atoms with Gasteiger partial charge in [0.15, 0.2) is 9.84 Å². The second-order valence-corrected chi connectivity index (χ2v) is 10.8. The third-order valence-electron chi connectivity index (χ3n) is 5.58.